The van der Waals surface area contributed by atoms with E-state index in [1.54, 1.807) is 12.1 Å². The largest absolute Gasteiger partial charge is 0.390 e. The lowest BCUT2D eigenvalue weighted by molar-refractivity contribution is 0.0754. The molecule has 1 aliphatic rings. The molecular weight excluding hydrogens is 272 g/mol. The molecular formula is C11H11BrN2O2. The van der Waals surface area contributed by atoms with Crippen molar-refractivity contribution >= 4 is 26.5 Å². The molecule has 4 nitrogen and oxygen atoms in total. The monoisotopic (exact) mass is 282 g/mol. The fourth-order valence-corrected chi connectivity index (χ4v) is 1.85. The highest BCUT2D eigenvalue weighted by atomic mass is 79.9. The van der Waals surface area contributed by atoms with Crippen LogP contribution in [0, 0.1) is 0 Å². The third-order valence-electron chi connectivity index (χ3n) is 2.22. The molecule has 0 bridgehead atoms. The van der Waals surface area contributed by atoms with Gasteiger partial charge in [0.15, 0.2) is 6.10 Å². The van der Waals surface area contributed by atoms with Crippen LogP contribution in [0.25, 0.3) is 0 Å². The summed E-state index contributed by atoms with van der Waals surface area (Å²) in [5.41, 5.74) is 0.653. The van der Waals surface area contributed by atoms with Crippen molar-refractivity contribution in [2.24, 2.45) is 5.16 Å². The lowest BCUT2D eigenvalue weighted by Crippen LogP contribution is -2.32. The molecule has 1 N–H and O–H groups in total. The van der Waals surface area contributed by atoms with E-state index in [1.807, 2.05) is 18.2 Å². The second-order valence-corrected chi connectivity index (χ2v) is 4.39. The maximum absolute atomic E-state index is 11.7. The fraction of sp³-hybridized carbons (Fsp3) is 0.273. The first-order valence-electron chi connectivity index (χ1n) is 4.97. The minimum absolute atomic E-state index is 0.0676. The van der Waals surface area contributed by atoms with Crippen molar-refractivity contribution < 1.29 is 9.63 Å². The summed E-state index contributed by atoms with van der Waals surface area (Å²) in [6.07, 6.45) is 0.636. The minimum atomic E-state index is -0.0905. The zero-order valence-electron chi connectivity index (χ0n) is 8.52. The molecule has 84 valence electrons. The molecule has 0 aromatic heterocycles. The Balaban J connectivity index is 1.81. The Morgan fingerprint density at radius 1 is 1.50 bits per heavy atom. The molecule has 1 aromatic rings. The van der Waals surface area contributed by atoms with Gasteiger partial charge in [-0.05, 0) is 28.1 Å². The highest BCUT2D eigenvalue weighted by molar-refractivity contribution is 9.18. The summed E-state index contributed by atoms with van der Waals surface area (Å²) < 4.78 is 0.784. The van der Waals surface area contributed by atoms with Gasteiger partial charge in [-0.15, -0.1) is 0 Å². The summed E-state index contributed by atoms with van der Waals surface area (Å²) in [7, 11) is 0. The van der Waals surface area contributed by atoms with E-state index in [0.717, 1.165) is 4.62 Å². The van der Waals surface area contributed by atoms with Crippen molar-refractivity contribution in [2.45, 2.75) is 12.5 Å². The van der Waals surface area contributed by atoms with E-state index in [4.69, 9.17) is 4.84 Å². The Morgan fingerprint density at radius 2 is 2.25 bits per heavy atom. The lowest BCUT2D eigenvalue weighted by Gasteiger charge is -2.09. The number of amides is 1. The molecule has 1 amide bonds. The van der Waals surface area contributed by atoms with Gasteiger partial charge < -0.3 is 10.2 Å². The number of carbonyl (C=O) groups is 1. The zero-order valence-corrected chi connectivity index (χ0v) is 10.1. The predicted molar refractivity (Wildman–Crippen MR) is 64.6 cm³/mol. The molecule has 0 spiro atoms. The standard InChI is InChI=1S/C11H11BrN2O2/c12-10-6-9(16-14-10)7-13-11(15)8-4-2-1-3-5-8/h1-5,9H,6-7H2,(H,13,15). The van der Waals surface area contributed by atoms with Crippen molar-refractivity contribution in [3.63, 3.8) is 0 Å². The summed E-state index contributed by atoms with van der Waals surface area (Å²) in [4.78, 5) is 16.7. The van der Waals surface area contributed by atoms with Gasteiger partial charge in [0, 0.05) is 12.0 Å². The van der Waals surface area contributed by atoms with Crippen LogP contribution in [0.1, 0.15) is 16.8 Å². The van der Waals surface area contributed by atoms with Gasteiger partial charge in [-0.2, -0.15) is 0 Å². The van der Waals surface area contributed by atoms with Gasteiger partial charge in [0.25, 0.3) is 5.91 Å². The van der Waals surface area contributed by atoms with Crippen molar-refractivity contribution in [1.29, 1.82) is 0 Å². The number of benzene rings is 1. The van der Waals surface area contributed by atoms with Crippen LogP contribution in [0.5, 0.6) is 0 Å². The van der Waals surface area contributed by atoms with Crippen molar-refractivity contribution in [2.75, 3.05) is 6.54 Å². The zero-order chi connectivity index (χ0) is 11.4. The summed E-state index contributed by atoms with van der Waals surface area (Å²) in [5, 5.41) is 6.55. The Bertz CT molecular complexity index is 406. The SMILES string of the molecule is O=C(NCC1CC(Br)=NO1)c1ccccc1. The molecule has 0 saturated heterocycles. The summed E-state index contributed by atoms with van der Waals surface area (Å²) in [6.45, 7) is 0.465. The van der Waals surface area contributed by atoms with Gasteiger partial charge in [-0.25, -0.2) is 0 Å². The van der Waals surface area contributed by atoms with E-state index in [-0.39, 0.29) is 12.0 Å². The van der Waals surface area contributed by atoms with Crippen LogP contribution < -0.4 is 5.32 Å². The molecule has 0 saturated carbocycles. The highest BCUT2D eigenvalue weighted by Gasteiger charge is 2.19. The molecule has 5 heteroatoms. The molecule has 0 aliphatic carbocycles. The number of rotatable bonds is 3. The topological polar surface area (TPSA) is 50.7 Å². The minimum Gasteiger partial charge on any atom is -0.390 e. The van der Waals surface area contributed by atoms with Gasteiger partial charge in [-0.1, -0.05) is 23.4 Å². The van der Waals surface area contributed by atoms with Gasteiger partial charge in [0.05, 0.1) is 6.54 Å². The van der Waals surface area contributed by atoms with Crippen molar-refractivity contribution in [3.05, 3.63) is 35.9 Å². The normalized spacial score (nSPS) is 18.8. The maximum atomic E-state index is 11.7. The van der Waals surface area contributed by atoms with Crippen LogP contribution in [-0.4, -0.2) is 23.2 Å². The van der Waals surface area contributed by atoms with Gasteiger partial charge >= 0.3 is 0 Å². The first-order chi connectivity index (χ1) is 7.75. The smallest absolute Gasteiger partial charge is 0.251 e. The third kappa shape index (κ3) is 2.82. The second-order valence-electron chi connectivity index (χ2n) is 3.48. The van der Waals surface area contributed by atoms with Crippen LogP contribution in [-0.2, 0) is 4.84 Å². The Labute approximate surface area is 102 Å². The highest BCUT2D eigenvalue weighted by Crippen LogP contribution is 2.13. The predicted octanol–water partition coefficient (Wildman–Crippen LogP) is 1.91. The number of hydrogen-bond donors (Lipinski definition) is 1. The number of oxime groups is 1. The fourth-order valence-electron chi connectivity index (χ4n) is 1.40. The number of hydrogen-bond acceptors (Lipinski definition) is 3. The molecule has 16 heavy (non-hydrogen) atoms. The van der Waals surface area contributed by atoms with Gasteiger partial charge in [0.1, 0.15) is 4.62 Å². The van der Waals surface area contributed by atoms with E-state index < -0.39 is 0 Å². The molecule has 0 radical (unpaired) electrons. The van der Waals surface area contributed by atoms with E-state index >= 15 is 0 Å². The van der Waals surface area contributed by atoms with Crippen molar-refractivity contribution in [1.82, 2.24) is 5.32 Å². The van der Waals surface area contributed by atoms with Crippen LogP contribution in [0.3, 0.4) is 0 Å². The summed E-state index contributed by atoms with van der Waals surface area (Å²) >= 11 is 3.24. The van der Waals surface area contributed by atoms with E-state index in [2.05, 4.69) is 26.4 Å². The number of carbonyl (C=O) groups excluding carboxylic acids is 1. The first kappa shape index (κ1) is 11.1. The average Bonchev–Trinajstić information content (AvgIpc) is 2.73. The van der Waals surface area contributed by atoms with E-state index in [1.165, 1.54) is 0 Å². The molecule has 1 unspecified atom stereocenters. The number of nitrogens with zero attached hydrogens (tertiary/aromatic N) is 1. The van der Waals surface area contributed by atoms with Gasteiger partial charge in [0.2, 0.25) is 0 Å². The second kappa shape index (κ2) is 5.12. The summed E-state index contributed by atoms with van der Waals surface area (Å²) in [6, 6.07) is 9.09. The first-order valence-corrected chi connectivity index (χ1v) is 5.76. The average molecular weight is 283 g/mol. The Hall–Kier alpha value is -1.36. The van der Waals surface area contributed by atoms with Crippen LogP contribution in [0.15, 0.2) is 35.5 Å². The molecule has 2 rings (SSSR count). The number of nitrogens with one attached hydrogen (secondary N) is 1. The summed E-state index contributed by atoms with van der Waals surface area (Å²) in [5.74, 6) is -0.0905. The van der Waals surface area contributed by atoms with Crippen LogP contribution in [0.4, 0.5) is 0 Å². The molecule has 1 atom stereocenters. The molecule has 0 fully saturated rings. The maximum Gasteiger partial charge on any atom is 0.251 e. The Morgan fingerprint density at radius 3 is 2.88 bits per heavy atom. The number of halogens is 1. The lowest BCUT2D eigenvalue weighted by atomic mass is 10.2. The van der Waals surface area contributed by atoms with E-state index in [9.17, 15) is 4.79 Å². The van der Waals surface area contributed by atoms with E-state index in [0.29, 0.717) is 18.5 Å². The molecule has 1 heterocycles. The quantitative estimate of drug-likeness (QED) is 0.921. The Kier molecular flexibility index (Phi) is 3.56. The van der Waals surface area contributed by atoms with Gasteiger partial charge in [-0.3, -0.25) is 4.79 Å². The molecule has 1 aliphatic heterocycles. The van der Waals surface area contributed by atoms with Crippen molar-refractivity contribution in [3.8, 4) is 0 Å². The molecule has 1 aromatic carbocycles. The van der Waals surface area contributed by atoms with Crippen LogP contribution >= 0.6 is 15.9 Å². The third-order valence-corrected chi connectivity index (χ3v) is 2.69. The van der Waals surface area contributed by atoms with Crippen LogP contribution in [0.2, 0.25) is 0 Å².